The molecule has 0 aliphatic carbocycles. The van der Waals surface area contributed by atoms with Crippen LogP contribution in [0, 0.1) is 19.7 Å². The fraction of sp³-hybridized carbons (Fsp3) is 0.438. The first-order valence-electron chi connectivity index (χ1n) is 7.57. The Morgan fingerprint density at radius 2 is 2.09 bits per heavy atom. The third-order valence-corrected chi connectivity index (χ3v) is 4.23. The molecule has 1 aromatic heterocycles. The molecule has 23 heavy (non-hydrogen) atoms. The quantitative estimate of drug-likeness (QED) is 0.933. The lowest BCUT2D eigenvalue weighted by atomic mass is 10.1. The highest BCUT2D eigenvalue weighted by Gasteiger charge is 2.29. The monoisotopic (exact) mass is 318 g/mol. The number of hydrogen-bond acceptors (Lipinski definition) is 4. The molecule has 1 unspecified atom stereocenters. The van der Waals surface area contributed by atoms with Crippen molar-refractivity contribution >= 4 is 5.91 Å². The Labute approximate surface area is 133 Å². The number of aliphatic hydroxyl groups is 1. The van der Waals surface area contributed by atoms with Gasteiger partial charge >= 0.3 is 0 Å². The van der Waals surface area contributed by atoms with E-state index in [4.69, 9.17) is 5.11 Å². The minimum Gasteiger partial charge on any atom is -0.390 e. The minimum atomic E-state index is -0.264. The molecule has 1 aromatic carbocycles. The fourth-order valence-corrected chi connectivity index (χ4v) is 2.96. The van der Waals surface area contributed by atoms with Crippen LogP contribution in [-0.4, -0.2) is 44.0 Å². The second-order valence-corrected chi connectivity index (χ2v) is 5.97. The maximum Gasteiger partial charge on any atom is 0.253 e. The van der Waals surface area contributed by atoms with Crippen LogP contribution in [0.4, 0.5) is 4.39 Å². The number of nitrogens with zero attached hydrogens (tertiary/aromatic N) is 4. The Kier molecular flexibility index (Phi) is 4.12. The van der Waals surface area contributed by atoms with Crippen molar-refractivity contribution in [2.24, 2.45) is 0 Å². The van der Waals surface area contributed by atoms with E-state index in [-0.39, 0.29) is 24.4 Å². The van der Waals surface area contributed by atoms with Crippen molar-refractivity contribution in [2.75, 3.05) is 13.1 Å². The third kappa shape index (κ3) is 2.96. The van der Waals surface area contributed by atoms with Gasteiger partial charge in [-0.15, -0.1) is 5.10 Å². The van der Waals surface area contributed by atoms with Crippen LogP contribution >= 0.6 is 0 Å². The molecule has 2 heterocycles. The van der Waals surface area contributed by atoms with Crippen molar-refractivity contribution in [2.45, 2.75) is 32.9 Å². The molecule has 1 aliphatic heterocycles. The molecule has 0 bridgehead atoms. The van der Waals surface area contributed by atoms with E-state index < -0.39 is 0 Å². The topological polar surface area (TPSA) is 71.2 Å². The molecule has 2 aromatic rings. The lowest BCUT2D eigenvalue weighted by Crippen LogP contribution is -2.29. The van der Waals surface area contributed by atoms with Gasteiger partial charge < -0.3 is 10.0 Å². The number of amides is 1. The SMILES string of the molecule is Cc1cc(C(=O)N2CCC(n3cc(CO)nn3)C2)cc(C)c1F. The van der Waals surface area contributed by atoms with Gasteiger partial charge in [0.05, 0.1) is 18.8 Å². The van der Waals surface area contributed by atoms with Gasteiger partial charge in [0.25, 0.3) is 5.91 Å². The molecule has 0 saturated carbocycles. The van der Waals surface area contributed by atoms with E-state index in [1.54, 1.807) is 41.8 Å². The molecule has 7 heteroatoms. The van der Waals surface area contributed by atoms with Crippen LogP contribution in [0.2, 0.25) is 0 Å². The molecule has 1 saturated heterocycles. The van der Waals surface area contributed by atoms with Gasteiger partial charge in [-0.1, -0.05) is 5.21 Å². The predicted molar refractivity (Wildman–Crippen MR) is 81.4 cm³/mol. The van der Waals surface area contributed by atoms with Gasteiger partial charge in [0.2, 0.25) is 0 Å². The smallest absolute Gasteiger partial charge is 0.253 e. The Morgan fingerprint density at radius 3 is 2.70 bits per heavy atom. The van der Waals surface area contributed by atoms with Gasteiger partial charge in [0.1, 0.15) is 11.5 Å². The molecular formula is C16H19FN4O2. The molecule has 1 aliphatic rings. The Hall–Kier alpha value is -2.28. The van der Waals surface area contributed by atoms with Gasteiger partial charge in [0.15, 0.2) is 0 Å². The summed E-state index contributed by atoms with van der Waals surface area (Å²) in [6.07, 6.45) is 2.48. The van der Waals surface area contributed by atoms with E-state index in [0.29, 0.717) is 35.5 Å². The number of aromatic nitrogens is 3. The van der Waals surface area contributed by atoms with Crippen LogP contribution < -0.4 is 0 Å². The van der Waals surface area contributed by atoms with Crippen LogP contribution in [0.25, 0.3) is 0 Å². The molecule has 0 spiro atoms. The van der Waals surface area contributed by atoms with E-state index in [9.17, 15) is 9.18 Å². The zero-order valence-electron chi connectivity index (χ0n) is 13.2. The summed E-state index contributed by atoms with van der Waals surface area (Å²) in [5.74, 6) is -0.360. The number of rotatable bonds is 3. The van der Waals surface area contributed by atoms with Gasteiger partial charge in [-0.05, 0) is 43.5 Å². The highest BCUT2D eigenvalue weighted by molar-refractivity contribution is 5.94. The summed E-state index contributed by atoms with van der Waals surface area (Å²) in [6, 6.07) is 3.24. The number of carbonyl (C=O) groups is 1. The summed E-state index contributed by atoms with van der Waals surface area (Å²) < 4.78 is 15.4. The molecule has 122 valence electrons. The fourth-order valence-electron chi connectivity index (χ4n) is 2.96. The van der Waals surface area contributed by atoms with Crippen LogP contribution in [-0.2, 0) is 6.61 Å². The molecular weight excluding hydrogens is 299 g/mol. The number of likely N-dealkylation sites (tertiary alicyclic amines) is 1. The average molecular weight is 318 g/mol. The highest BCUT2D eigenvalue weighted by Crippen LogP contribution is 2.24. The van der Waals surface area contributed by atoms with Crippen LogP contribution in [0.3, 0.4) is 0 Å². The second kappa shape index (κ2) is 6.08. The van der Waals surface area contributed by atoms with E-state index in [1.807, 2.05) is 0 Å². The number of aryl methyl sites for hydroxylation is 2. The third-order valence-electron chi connectivity index (χ3n) is 4.23. The number of benzene rings is 1. The lowest BCUT2D eigenvalue weighted by Gasteiger charge is -2.17. The zero-order valence-corrected chi connectivity index (χ0v) is 13.2. The summed E-state index contributed by atoms with van der Waals surface area (Å²) in [4.78, 5) is 14.4. The summed E-state index contributed by atoms with van der Waals surface area (Å²) in [7, 11) is 0. The first-order chi connectivity index (χ1) is 11.0. The highest BCUT2D eigenvalue weighted by atomic mass is 19.1. The second-order valence-electron chi connectivity index (χ2n) is 5.97. The molecule has 6 nitrogen and oxygen atoms in total. The van der Waals surface area contributed by atoms with Crippen molar-refractivity contribution in [3.05, 3.63) is 46.5 Å². The number of carbonyl (C=O) groups excluding carboxylic acids is 1. The van der Waals surface area contributed by atoms with E-state index in [1.165, 1.54) is 0 Å². The van der Waals surface area contributed by atoms with Crippen LogP contribution in [0.15, 0.2) is 18.3 Å². The maximum absolute atomic E-state index is 13.7. The maximum atomic E-state index is 13.7. The molecule has 1 N–H and O–H groups in total. The molecule has 0 radical (unpaired) electrons. The van der Waals surface area contributed by atoms with E-state index >= 15 is 0 Å². The van der Waals surface area contributed by atoms with Crippen molar-refractivity contribution in [1.82, 2.24) is 19.9 Å². The van der Waals surface area contributed by atoms with Crippen LogP contribution in [0.1, 0.15) is 39.6 Å². The first kappa shape index (κ1) is 15.6. The lowest BCUT2D eigenvalue weighted by molar-refractivity contribution is 0.0786. The number of aliphatic hydroxyl groups excluding tert-OH is 1. The van der Waals surface area contributed by atoms with Crippen molar-refractivity contribution in [3.8, 4) is 0 Å². The summed E-state index contributed by atoms with van der Waals surface area (Å²) in [5.41, 5.74) is 1.98. The van der Waals surface area contributed by atoms with Crippen molar-refractivity contribution in [3.63, 3.8) is 0 Å². The summed E-state index contributed by atoms with van der Waals surface area (Å²) in [6.45, 7) is 4.33. The molecule has 3 rings (SSSR count). The molecule has 1 fully saturated rings. The Bertz CT molecular complexity index is 720. The number of hydrogen-bond donors (Lipinski definition) is 1. The standard InChI is InChI=1S/C16H19FN4O2/c1-10-5-12(6-11(2)15(10)17)16(23)20-4-3-14(8-20)21-7-13(9-22)18-19-21/h5-7,14,22H,3-4,8-9H2,1-2H3. The zero-order chi connectivity index (χ0) is 16.6. The predicted octanol–water partition coefficient (Wildman–Crippen LogP) is 1.61. The van der Waals surface area contributed by atoms with Gasteiger partial charge in [-0.3, -0.25) is 4.79 Å². The van der Waals surface area contributed by atoms with Crippen molar-refractivity contribution in [1.29, 1.82) is 0 Å². The van der Waals surface area contributed by atoms with Gasteiger partial charge in [0, 0.05) is 18.7 Å². The Balaban J connectivity index is 1.74. The first-order valence-corrected chi connectivity index (χ1v) is 7.57. The van der Waals surface area contributed by atoms with E-state index in [0.717, 1.165) is 6.42 Å². The normalized spacial score (nSPS) is 17.7. The molecule has 1 atom stereocenters. The van der Waals surface area contributed by atoms with Crippen LogP contribution in [0.5, 0.6) is 0 Å². The summed E-state index contributed by atoms with van der Waals surface area (Å²) in [5, 5.41) is 16.9. The van der Waals surface area contributed by atoms with Gasteiger partial charge in [-0.2, -0.15) is 0 Å². The van der Waals surface area contributed by atoms with Crippen molar-refractivity contribution < 1.29 is 14.3 Å². The van der Waals surface area contributed by atoms with E-state index in [2.05, 4.69) is 10.3 Å². The summed E-state index contributed by atoms with van der Waals surface area (Å²) >= 11 is 0. The average Bonchev–Trinajstić information content (AvgIpc) is 3.19. The molecule has 1 amide bonds. The largest absolute Gasteiger partial charge is 0.390 e. The Morgan fingerprint density at radius 1 is 1.39 bits per heavy atom. The van der Waals surface area contributed by atoms with Gasteiger partial charge in [-0.25, -0.2) is 9.07 Å². The number of halogens is 1. The minimum absolute atomic E-state index is 0.0504.